The van der Waals surface area contributed by atoms with Crippen LogP contribution in [0.2, 0.25) is 0 Å². The topological polar surface area (TPSA) is 85.2 Å². The number of nitrogens with zero attached hydrogens (tertiary/aromatic N) is 1. The number of hydrogen-bond donors (Lipinski definition) is 1. The van der Waals surface area contributed by atoms with Gasteiger partial charge in [-0.25, -0.2) is 9.59 Å². The second kappa shape index (κ2) is 11.4. The van der Waals surface area contributed by atoms with Gasteiger partial charge in [0.25, 0.3) is 0 Å². The Morgan fingerprint density at radius 1 is 1.03 bits per heavy atom. The van der Waals surface area contributed by atoms with E-state index in [9.17, 15) is 14.7 Å². The van der Waals surface area contributed by atoms with Crippen LogP contribution in [0.1, 0.15) is 42.6 Å². The Morgan fingerprint density at radius 3 is 2.48 bits per heavy atom. The lowest BCUT2D eigenvalue weighted by molar-refractivity contribution is -0.138. The maximum absolute atomic E-state index is 12.1. The summed E-state index contributed by atoms with van der Waals surface area (Å²) in [5, 5.41) is 10.1. The lowest BCUT2D eigenvalue weighted by atomic mass is 10.1. The molecular weight excluding hydrogens is 370 g/mol. The van der Waals surface area contributed by atoms with E-state index in [1.54, 1.807) is 49.4 Å². The van der Waals surface area contributed by atoms with Gasteiger partial charge in [-0.1, -0.05) is 37.3 Å². The van der Waals surface area contributed by atoms with Crippen LogP contribution in [0.15, 0.2) is 70.9 Å². The molecule has 0 fully saturated rings. The van der Waals surface area contributed by atoms with E-state index in [1.165, 1.54) is 6.21 Å². The smallest absolute Gasteiger partial charge is 0.343 e. The van der Waals surface area contributed by atoms with Gasteiger partial charge >= 0.3 is 11.9 Å². The molecule has 0 bridgehead atoms. The van der Waals surface area contributed by atoms with Crippen molar-refractivity contribution in [2.75, 3.05) is 6.61 Å². The van der Waals surface area contributed by atoms with Gasteiger partial charge in [0.15, 0.2) is 0 Å². The van der Waals surface area contributed by atoms with Crippen LogP contribution in [0.3, 0.4) is 0 Å². The Labute approximate surface area is 170 Å². The highest BCUT2D eigenvalue weighted by molar-refractivity contribution is 6.10. The Morgan fingerprint density at radius 2 is 1.79 bits per heavy atom. The van der Waals surface area contributed by atoms with E-state index in [4.69, 9.17) is 9.47 Å². The number of carbonyl (C=O) groups excluding carboxylic acids is 2. The van der Waals surface area contributed by atoms with Crippen molar-refractivity contribution in [2.24, 2.45) is 4.99 Å². The summed E-state index contributed by atoms with van der Waals surface area (Å²) in [5.41, 5.74) is 1.83. The fourth-order valence-corrected chi connectivity index (χ4v) is 2.50. The average Bonchev–Trinajstić information content (AvgIpc) is 2.73. The molecule has 6 heteroatoms. The van der Waals surface area contributed by atoms with E-state index in [0.717, 1.165) is 5.56 Å². The molecule has 6 nitrogen and oxygen atoms in total. The van der Waals surface area contributed by atoms with Gasteiger partial charge in [0.1, 0.15) is 17.9 Å². The monoisotopic (exact) mass is 395 g/mol. The number of hydrogen-bond acceptors (Lipinski definition) is 6. The standard InChI is InChI=1S/C23H25NO5/c1-3-9-21(25)20(23(27)28-4-2)15-24-19-13-8-10-17(14-19)16-29-22(26)18-11-6-5-7-12-18/h5-8,10-15,25H,3-4,9,16H2,1-2H3/b21-20-,24-15?. The Kier molecular flexibility index (Phi) is 8.63. The van der Waals surface area contributed by atoms with Gasteiger partial charge in [-0.15, -0.1) is 0 Å². The first-order chi connectivity index (χ1) is 14.0. The number of aliphatic imine (C=N–C) groups is 1. The number of benzene rings is 2. The third-order valence-corrected chi connectivity index (χ3v) is 3.93. The Balaban J connectivity index is 2.10. The molecule has 0 radical (unpaired) electrons. The zero-order valence-corrected chi connectivity index (χ0v) is 16.6. The van der Waals surface area contributed by atoms with Crippen LogP contribution in [0.25, 0.3) is 0 Å². The second-order valence-corrected chi connectivity index (χ2v) is 6.20. The van der Waals surface area contributed by atoms with Crippen molar-refractivity contribution < 1.29 is 24.2 Å². The molecule has 0 aliphatic heterocycles. The highest BCUT2D eigenvalue weighted by Crippen LogP contribution is 2.17. The van der Waals surface area contributed by atoms with Crippen molar-refractivity contribution in [1.29, 1.82) is 0 Å². The molecule has 29 heavy (non-hydrogen) atoms. The minimum Gasteiger partial charge on any atom is -0.511 e. The molecule has 0 saturated carbocycles. The molecule has 152 valence electrons. The van der Waals surface area contributed by atoms with Crippen LogP contribution < -0.4 is 0 Å². The maximum Gasteiger partial charge on any atom is 0.343 e. The number of ether oxygens (including phenoxy) is 2. The molecule has 1 N–H and O–H groups in total. The summed E-state index contributed by atoms with van der Waals surface area (Å²) in [6, 6.07) is 15.8. The summed E-state index contributed by atoms with van der Waals surface area (Å²) >= 11 is 0. The number of carbonyl (C=O) groups is 2. The molecule has 0 spiro atoms. The Bertz CT molecular complexity index is 887. The first kappa shape index (κ1) is 21.9. The molecule has 0 aliphatic carbocycles. The third-order valence-electron chi connectivity index (χ3n) is 3.93. The van der Waals surface area contributed by atoms with Crippen molar-refractivity contribution in [2.45, 2.75) is 33.3 Å². The predicted molar refractivity (Wildman–Crippen MR) is 111 cm³/mol. The molecular formula is C23H25NO5. The number of rotatable bonds is 9. The predicted octanol–water partition coefficient (Wildman–Crippen LogP) is 4.92. The minimum absolute atomic E-state index is 0.0367. The SMILES string of the molecule is CCC/C(O)=C(\C=Nc1cccc(COC(=O)c2ccccc2)c1)C(=O)OCC. The molecule has 0 atom stereocenters. The van der Waals surface area contributed by atoms with Gasteiger partial charge < -0.3 is 14.6 Å². The average molecular weight is 395 g/mol. The minimum atomic E-state index is -0.616. The lowest BCUT2D eigenvalue weighted by Gasteiger charge is -2.07. The molecule has 2 aromatic carbocycles. The lowest BCUT2D eigenvalue weighted by Crippen LogP contribution is -2.11. The highest BCUT2D eigenvalue weighted by Gasteiger charge is 2.14. The summed E-state index contributed by atoms with van der Waals surface area (Å²) in [5.74, 6) is -1.07. The van der Waals surface area contributed by atoms with Gasteiger partial charge in [-0.2, -0.15) is 0 Å². The summed E-state index contributed by atoms with van der Waals surface area (Å²) < 4.78 is 10.3. The summed E-state index contributed by atoms with van der Waals surface area (Å²) in [7, 11) is 0. The quantitative estimate of drug-likeness (QED) is 0.282. The molecule has 0 saturated heterocycles. The van der Waals surface area contributed by atoms with Crippen LogP contribution in [0.5, 0.6) is 0 Å². The Hall–Kier alpha value is -3.41. The highest BCUT2D eigenvalue weighted by atomic mass is 16.5. The zero-order chi connectivity index (χ0) is 21.1. The van der Waals surface area contributed by atoms with Gasteiger partial charge in [-0.05, 0) is 43.2 Å². The van der Waals surface area contributed by atoms with Crippen LogP contribution in [-0.2, 0) is 20.9 Å². The number of esters is 2. The maximum atomic E-state index is 12.1. The van der Waals surface area contributed by atoms with Crippen molar-refractivity contribution in [1.82, 2.24) is 0 Å². The van der Waals surface area contributed by atoms with Gasteiger partial charge in [0, 0.05) is 12.6 Å². The normalized spacial score (nSPS) is 11.8. The summed E-state index contributed by atoms with van der Waals surface area (Å²) in [4.78, 5) is 28.4. The van der Waals surface area contributed by atoms with E-state index in [-0.39, 0.29) is 24.5 Å². The largest absolute Gasteiger partial charge is 0.511 e. The van der Waals surface area contributed by atoms with Gasteiger partial charge in [-0.3, -0.25) is 4.99 Å². The molecule has 2 aromatic rings. The first-order valence-corrected chi connectivity index (χ1v) is 9.49. The fraction of sp³-hybridized carbons (Fsp3) is 0.261. The van der Waals surface area contributed by atoms with Gasteiger partial charge in [0.2, 0.25) is 0 Å². The molecule has 0 aliphatic rings. The van der Waals surface area contributed by atoms with Crippen LogP contribution in [-0.4, -0.2) is 29.9 Å². The van der Waals surface area contributed by atoms with E-state index in [0.29, 0.717) is 24.1 Å². The summed E-state index contributed by atoms with van der Waals surface area (Å²) in [6.45, 7) is 3.90. The van der Waals surface area contributed by atoms with E-state index in [2.05, 4.69) is 4.99 Å². The van der Waals surface area contributed by atoms with Crippen LogP contribution in [0, 0.1) is 0 Å². The molecule has 0 amide bonds. The van der Waals surface area contributed by atoms with Crippen LogP contribution >= 0.6 is 0 Å². The molecule has 0 heterocycles. The summed E-state index contributed by atoms with van der Waals surface area (Å²) in [6.07, 6.45) is 2.35. The van der Waals surface area contributed by atoms with E-state index in [1.807, 2.05) is 19.1 Å². The van der Waals surface area contributed by atoms with Crippen molar-refractivity contribution in [3.63, 3.8) is 0 Å². The number of allylic oxidation sites excluding steroid dienone is 1. The van der Waals surface area contributed by atoms with Crippen LogP contribution in [0.4, 0.5) is 5.69 Å². The van der Waals surface area contributed by atoms with E-state index < -0.39 is 11.9 Å². The number of aliphatic hydroxyl groups excluding tert-OH is 1. The second-order valence-electron chi connectivity index (χ2n) is 6.20. The number of aliphatic hydroxyl groups is 1. The molecule has 0 aromatic heterocycles. The molecule has 0 unspecified atom stereocenters. The molecule has 2 rings (SSSR count). The van der Waals surface area contributed by atoms with Crippen molar-refractivity contribution >= 4 is 23.8 Å². The van der Waals surface area contributed by atoms with Crippen molar-refractivity contribution in [3.05, 3.63) is 77.1 Å². The van der Waals surface area contributed by atoms with Gasteiger partial charge in [0.05, 0.1) is 17.9 Å². The third kappa shape index (κ3) is 6.92. The van der Waals surface area contributed by atoms with Crippen molar-refractivity contribution in [3.8, 4) is 0 Å². The first-order valence-electron chi connectivity index (χ1n) is 9.49. The zero-order valence-electron chi connectivity index (χ0n) is 16.6. The fourth-order valence-electron chi connectivity index (χ4n) is 2.50. The van der Waals surface area contributed by atoms with E-state index >= 15 is 0 Å².